The third-order valence-corrected chi connectivity index (χ3v) is 6.38. The molecule has 0 aromatic heterocycles. The Morgan fingerprint density at radius 1 is 1.14 bits per heavy atom. The molecule has 9 heteroatoms. The Morgan fingerprint density at radius 3 is 2.55 bits per heavy atom. The molecule has 156 valence electrons. The van der Waals surface area contributed by atoms with Gasteiger partial charge < -0.3 is 19.5 Å². The van der Waals surface area contributed by atoms with E-state index in [0.717, 1.165) is 9.87 Å². The predicted octanol–water partition coefficient (Wildman–Crippen LogP) is 2.42. The number of ether oxygens (including phenoxy) is 3. The van der Waals surface area contributed by atoms with Gasteiger partial charge in [-0.05, 0) is 36.8 Å². The molecular formula is C20H24N2O6S. The Balaban J connectivity index is 1.77. The van der Waals surface area contributed by atoms with Crippen LogP contribution in [0.15, 0.2) is 41.3 Å². The summed E-state index contributed by atoms with van der Waals surface area (Å²) in [6.45, 7) is 4.19. The van der Waals surface area contributed by atoms with Gasteiger partial charge in [-0.25, -0.2) is 8.42 Å². The first-order chi connectivity index (χ1) is 13.8. The summed E-state index contributed by atoms with van der Waals surface area (Å²) in [4.78, 5) is 12.6. The monoisotopic (exact) mass is 420 g/mol. The number of aryl methyl sites for hydroxylation is 1. The van der Waals surface area contributed by atoms with Crippen LogP contribution in [-0.4, -0.2) is 52.0 Å². The summed E-state index contributed by atoms with van der Waals surface area (Å²) in [6, 6.07) is 9.94. The van der Waals surface area contributed by atoms with Gasteiger partial charge in [0.05, 0.1) is 13.7 Å². The Labute approximate surface area is 170 Å². The average molecular weight is 420 g/mol. The lowest BCUT2D eigenvalue weighted by Gasteiger charge is -2.22. The van der Waals surface area contributed by atoms with Gasteiger partial charge in [-0.2, -0.15) is 4.31 Å². The number of amides is 1. The molecule has 0 aliphatic carbocycles. The van der Waals surface area contributed by atoms with Gasteiger partial charge in [-0.1, -0.05) is 13.0 Å². The topological polar surface area (TPSA) is 94.2 Å². The zero-order chi connectivity index (χ0) is 21.0. The number of carbonyl (C=O) groups excluding carboxylic acids is 1. The van der Waals surface area contributed by atoms with Gasteiger partial charge in [0.25, 0.3) is 0 Å². The number of carbonyl (C=O) groups is 1. The highest BCUT2D eigenvalue weighted by Crippen LogP contribution is 2.32. The molecule has 0 spiro atoms. The molecule has 0 fully saturated rings. The third kappa shape index (κ3) is 4.63. The van der Waals surface area contributed by atoms with Gasteiger partial charge in [-0.15, -0.1) is 0 Å². The molecule has 8 nitrogen and oxygen atoms in total. The summed E-state index contributed by atoms with van der Waals surface area (Å²) in [5.41, 5.74) is 1.28. The van der Waals surface area contributed by atoms with Crippen molar-refractivity contribution >= 4 is 21.6 Å². The van der Waals surface area contributed by atoms with E-state index < -0.39 is 15.9 Å². The number of methoxy groups -OCH3 is 1. The maximum absolute atomic E-state index is 13.1. The smallest absolute Gasteiger partial charge is 0.247 e. The van der Waals surface area contributed by atoms with Crippen LogP contribution in [0.1, 0.15) is 12.5 Å². The molecule has 1 heterocycles. The number of rotatable bonds is 7. The summed E-state index contributed by atoms with van der Waals surface area (Å²) < 4.78 is 43.5. The second kappa shape index (κ2) is 8.71. The molecule has 3 rings (SSSR count). The maximum atomic E-state index is 13.1. The van der Waals surface area contributed by atoms with Crippen molar-refractivity contribution in [2.75, 3.05) is 38.7 Å². The lowest BCUT2D eigenvalue weighted by Crippen LogP contribution is -2.38. The zero-order valence-electron chi connectivity index (χ0n) is 16.6. The number of hydrogen-bond donors (Lipinski definition) is 1. The van der Waals surface area contributed by atoms with Gasteiger partial charge in [0.15, 0.2) is 11.5 Å². The van der Waals surface area contributed by atoms with Crippen molar-refractivity contribution in [1.29, 1.82) is 0 Å². The zero-order valence-corrected chi connectivity index (χ0v) is 17.4. The van der Waals surface area contributed by atoms with Crippen LogP contribution in [0.2, 0.25) is 0 Å². The third-order valence-electron chi connectivity index (χ3n) is 4.44. The standard InChI is InChI=1S/C20H24N2O6S/c1-4-22(29(24,25)19-11-14(2)5-7-17(19)26-3)13-20(23)21-15-6-8-16-18(12-15)28-10-9-27-16/h5-8,11-12H,4,9-10,13H2,1-3H3,(H,21,23). The number of nitrogens with zero attached hydrogens (tertiary/aromatic N) is 1. The van der Waals surface area contributed by atoms with Crippen molar-refractivity contribution in [2.45, 2.75) is 18.7 Å². The molecule has 0 saturated heterocycles. The van der Waals surface area contributed by atoms with Crippen molar-refractivity contribution in [2.24, 2.45) is 0 Å². The summed E-state index contributed by atoms with van der Waals surface area (Å²) in [6.07, 6.45) is 0. The van der Waals surface area contributed by atoms with Crippen molar-refractivity contribution in [3.63, 3.8) is 0 Å². The molecule has 1 aliphatic rings. The van der Waals surface area contributed by atoms with Crippen molar-refractivity contribution in [3.05, 3.63) is 42.0 Å². The van der Waals surface area contributed by atoms with E-state index >= 15 is 0 Å². The van der Waals surface area contributed by atoms with E-state index in [1.54, 1.807) is 44.2 Å². The average Bonchev–Trinajstić information content (AvgIpc) is 2.71. The molecule has 2 aromatic rings. The number of likely N-dealkylation sites (N-methyl/N-ethyl adjacent to an activating group) is 1. The fourth-order valence-electron chi connectivity index (χ4n) is 2.97. The number of fused-ring (bicyclic) bond motifs is 1. The fraction of sp³-hybridized carbons (Fsp3) is 0.350. The van der Waals surface area contributed by atoms with E-state index in [0.29, 0.717) is 30.4 Å². The first-order valence-corrected chi connectivity index (χ1v) is 10.6. The number of anilines is 1. The van der Waals surface area contributed by atoms with Crippen molar-refractivity contribution in [1.82, 2.24) is 4.31 Å². The summed E-state index contributed by atoms with van der Waals surface area (Å²) >= 11 is 0. The minimum absolute atomic E-state index is 0.0361. The van der Waals surface area contributed by atoms with Crippen LogP contribution in [0.4, 0.5) is 5.69 Å². The molecule has 0 radical (unpaired) electrons. The van der Waals surface area contributed by atoms with E-state index in [1.165, 1.54) is 13.2 Å². The van der Waals surface area contributed by atoms with E-state index in [1.807, 2.05) is 0 Å². The summed E-state index contributed by atoms with van der Waals surface area (Å²) in [5, 5.41) is 2.71. The summed E-state index contributed by atoms with van der Waals surface area (Å²) in [5.74, 6) is 0.928. The second-order valence-corrected chi connectivity index (χ2v) is 8.40. The van der Waals surface area contributed by atoms with Gasteiger partial charge in [0.2, 0.25) is 15.9 Å². The van der Waals surface area contributed by atoms with Crippen LogP contribution in [0.3, 0.4) is 0 Å². The lowest BCUT2D eigenvalue weighted by atomic mass is 10.2. The Kier molecular flexibility index (Phi) is 6.29. The molecule has 1 amide bonds. The molecule has 0 saturated carbocycles. The highest BCUT2D eigenvalue weighted by Gasteiger charge is 2.28. The molecule has 2 aromatic carbocycles. The molecular weight excluding hydrogens is 396 g/mol. The first kappa shape index (κ1) is 20.9. The molecule has 29 heavy (non-hydrogen) atoms. The highest BCUT2D eigenvalue weighted by atomic mass is 32.2. The predicted molar refractivity (Wildman–Crippen MR) is 108 cm³/mol. The van der Waals surface area contributed by atoms with Gasteiger partial charge in [-0.3, -0.25) is 4.79 Å². The fourth-order valence-corrected chi connectivity index (χ4v) is 4.62. The normalized spacial score (nSPS) is 13.2. The molecule has 0 unspecified atom stereocenters. The van der Waals surface area contributed by atoms with Crippen molar-refractivity contribution < 1.29 is 27.4 Å². The van der Waals surface area contributed by atoms with E-state index in [2.05, 4.69) is 5.32 Å². The molecule has 1 N–H and O–H groups in total. The number of hydrogen-bond acceptors (Lipinski definition) is 6. The van der Waals surface area contributed by atoms with Crippen LogP contribution in [0.5, 0.6) is 17.2 Å². The largest absolute Gasteiger partial charge is 0.495 e. The van der Waals surface area contributed by atoms with Crippen LogP contribution in [0.25, 0.3) is 0 Å². The van der Waals surface area contributed by atoms with E-state index in [4.69, 9.17) is 14.2 Å². The number of nitrogens with one attached hydrogen (secondary N) is 1. The summed E-state index contributed by atoms with van der Waals surface area (Å²) in [7, 11) is -2.50. The van der Waals surface area contributed by atoms with E-state index in [9.17, 15) is 13.2 Å². The maximum Gasteiger partial charge on any atom is 0.247 e. The quantitative estimate of drug-likeness (QED) is 0.739. The molecule has 0 atom stereocenters. The second-order valence-electron chi connectivity index (χ2n) is 6.49. The van der Waals surface area contributed by atoms with Gasteiger partial charge in [0.1, 0.15) is 23.9 Å². The molecule has 0 bridgehead atoms. The SMILES string of the molecule is CCN(CC(=O)Nc1ccc2c(c1)OCCO2)S(=O)(=O)c1cc(C)ccc1OC. The Morgan fingerprint density at radius 2 is 1.86 bits per heavy atom. The van der Waals surface area contributed by atoms with E-state index in [-0.39, 0.29) is 23.7 Å². The lowest BCUT2D eigenvalue weighted by molar-refractivity contribution is -0.116. The number of sulfonamides is 1. The van der Waals surface area contributed by atoms with Crippen LogP contribution >= 0.6 is 0 Å². The molecule has 1 aliphatic heterocycles. The van der Waals surface area contributed by atoms with Crippen LogP contribution in [-0.2, 0) is 14.8 Å². The van der Waals surface area contributed by atoms with Crippen molar-refractivity contribution in [3.8, 4) is 17.2 Å². The van der Waals surface area contributed by atoms with Gasteiger partial charge >= 0.3 is 0 Å². The Hall–Kier alpha value is -2.78. The first-order valence-electron chi connectivity index (χ1n) is 9.19. The highest BCUT2D eigenvalue weighted by molar-refractivity contribution is 7.89. The number of benzene rings is 2. The Bertz CT molecular complexity index is 1010. The van der Waals surface area contributed by atoms with Crippen LogP contribution < -0.4 is 19.5 Å². The van der Waals surface area contributed by atoms with Crippen LogP contribution in [0, 0.1) is 6.92 Å². The minimum atomic E-state index is -3.92. The van der Waals surface area contributed by atoms with Gasteiger partial charge in [0, 0.05) is 18.3 Å². The minimum Gasteiger partial charge on any atom is -0.495 e.